The Morgan fingerprint density at radius 1 is 1.05 bits per heavy atom. The van der Waals surface area contributed by atoms with Gasteiger partial charge in [-0.2, -0.15) is 0 Å². The first kappa shape index (κ1) is 16.2. The van der Waals surface area contributed by atoms with Crippen LogP contribution in [-0.2, 0) is 31.9 Å². The van der Waals surface area contributed by atoms with Crippen LogP contribution in [0.2, 0.25) is 0 Å². The maximum absolute atomic E-state index is 11.5. The van der Waals surface area contributed by atoms with E-state index in [9.17, 15) is 9.59 Å². The highest BCUT2D eigenvalue weighted by molar-refractivity contribution is 5.73. The van der Waals surface area contributed by atoms with Crippen LogP contribution in [0.15, 0.2) is 18.2 Å². The Hall–Kier alpha value is -1.84. The summed E-state index contributed by atoms with van der Waals surface area (Å²) in [6, 6.07) is 5.85. The van der Waals surface area contributed by atoms with Gasteiger partial charge in [-0.25, -0.2) is 0 Å². The van der Waals surface area contributed by atoms with Gasteiger partial charge in [-0.05, 0) is 43.9 Å². The van der Waals surface area contributed by atoms with Crippen molar-refractivity contribution in [3.05, 3.63) is 34.9 Å². The van der Waals surface area contributed by atoms with E-state index in [0.29, 0.717) is 26.1 Å². The minimum absolute atomic E-state index is 0.192. The van der Waals surface area contributed by atoms with Crippen LogP contribution in [0.4, 0.5) is 0 Å². The fourth-order valence-corrected chi connectivity index (χ4v) is 1.95. The molecule has 0 spiro atoms. The van der Waals surface area contributed by atoms with Crippen molar-refractivity contribution in [3.8, 4) is 0 Å². The molecular formula is C16H22O4. The van der Waals surface area contributed by atoms with Crippen molar-refractivity contribution in [1.29, 1.82) is 0 Å². The Bertz CT molecular complexity index is 466. The van der Waals surface area contributed by atoms with Crippen molar-refractivity contribution < 1.29 is 19.1 Å². The molecule has 0 saturated carbocycles. The Morgan fingerprint density at radius 2 is 1.70 bits per heavy atom. The number of carbonyl (C=O) groups is 2. The van der Waals surface area contributed by atoms with E-state index >= 15 is 0 Å². The molecule has 1 aromatic rings. The van der Waals surface area contributed by atoms with Gasteiger partial charge in [0.05, 0.1) is 19.6 Å². The number of rotatable bonds is 7. The molecule has 0 N–H and O–H groups in total. The number of esters is 2. The first-order valence-electron chi connectivity index (χ1n) is 6.96. The maximum Gasteiger partial charge on any atom is 0.310 e. The highest BCUT2D eigenvalue weighted by Crippen LogP contribution is 2.14. The highest BCUT2D eigenvalue weighted by atomic mass is 16.5. The summed E-state index contributed by atoms with van der Waals surface area (Å²) < 4.78 is 9.85. The minimum atomic E-state index is -0.229. The van der Waals surface area contributed by atoms with Gasteiger partial charge in [0, 0.05) is 6.42 Å². The third-order valence-corrected chi connectivity index (χ3v) is 2.97. The second kappa shape index (κ2) is 8.35. The lowest BCUT2D eigenvalue weighted by Crippen LogP contribution is -2.09. The molecule has 1 rings (SSSR count). The predicted molar refractivity (Wildman–Crippen MR) is 76.5 cm³/mol. The molecule has 4 heteroatoms. The van der Waals surface area contributed by atoms with E-state index in [-0.39, 0.29) is 18.4 Å². The molecule has 0 radical (unpaired) electrons. The van der Waals surface area contributed by atoms with E-state index in [4.69, 9.17) is 9.47 Å². The molecule has 0 unspecified atom stereocenters. The van der Waals surface area contributed by atoms with Crippen LogP contribution in [0.1, 0.15) is 37.0 Å². The molecule has 0 amide bonds. The molecule has 1 aromatic carbocycles. The molecule has 4 nitrogen and oxygen atoms in total. The van der Waals surface area contributed by atoms with Gasteiger partial charge in [0.1, 0.15) is 0 Å². The first-order chi connectivity index (χ1) is 9.56. The van der Waals surface area contributed by atoms with E-state index in [2.05, 4.69) is 0 Å². The fraction of sp³-hybridized carbons (Fsp3) is 0.500. The zero-order valence-corrected chi connectivity index (χ0v) is 12.4. The van der Waals surface area contributed by atoms with Crippen molar-refractivity contribution in [1.82, 2.24) is 0 Å². The third kappa shape index (κ3) is 5.43. The van der Waals surface area contributed by atoms with Gasteiger partial charge in [0.2, 0.25) is 0 Å². The third-order valence-electron chi connectivity index (χ3n) is 2.97. The van der Waals surface area contributed by atoms with Gasteiger partial charge in [-0.3, -0.25) is 9.59 Å². The second-order valence-corrected chi connectivity index (χ2v) is 4.55. The standard InChI is InChI=1S/C16H22O4/c1-4-19-15(17)9-8-14-10-13(7-6-12(14)3)11-16(18)20-5-2/h6-7,10H,4-5,8-9,11H2,1-3H3. The van der Waals surface area contributed by atoms with Crippen LogP contribution in [-0.4, -0.2) is 25.2 Å². The van der Waals surface area contributed by atoms with Crippen LogP contribution < -0.4 is 0 Å². The lowest BCUT2D eigenvalue weighted by atomic mass is 9.99. The summed E-state index contributed by atoms with van der Waals surface area (Å²) in [5.74, 6) is -0.421. The summed E-state index contributed by atoms with van der Waals surface area (Å²) in [6.07, 6.45) is 1.25. The van der Waals surface area contributed by atoms with Gasteiger partial charge in [-0.15, -0.1) is 0 Å². The number of benzene rings is 1. The summed E-state index contributed by atoms with van der Waals surface area (Å²) in [6.45, 7) is 6.37. The molecule has 0 bridgehead atoms. The quantitative estimate of drug-likeness (QED) is 0.719. The van der Waals surface area contributed by atoms with Crippen molar-refractivity contribution in [3.63, 3.8) is 0 Å². The van der Waals surface area contributed by atoms with Crippen LogP contribution >= 0.6 is 0 Å². The molecule has 110 valence electrons. The van der Waals surface area contributed by atoms with E-state index in [1.165, 1.54) is 0 Å². The largest absolute Gasteiger partial charge is 0.466 e. The first-order valence-corrected chi connectivity index (χ1v) is 6.96. The van der Waals surface area contributed by atoms with Gasteiger partial charge >= 0.3 is 11.9 Å². The summed E-state index contributed by atoms with van der Waals surface area (Å²) in [5.41, 5.74) is 3.09. The Balaban J connectivity index is 2.66. The van der Waals surface area contributed by atoms with Gasteiger partial charge < -0.3 is 9.47 Å². The zero-order valence-electron chi connectivity index (χ0n) is 12.4. The Morgan fingerprint density at radius 3 is 2.35 bits per heavy atom. The average Bonchev–Trinajstić information content (AvgIpc) is 2.40. The number of hydrogen-bond donors (Lipinski definition) is 0. The fourth-order valence-electron chi connectivity index (χ4n) is 1.95. The Labute approximate surface area is 120 Å². The van der Waals surface area contributed by atoms with Crippen LogP contribution in [0.3, 0.4) is 0 Å². The monoisotopic (exact) mass is 278 g/mol. The average molecular weight is 278 g/mol. The molecule has 0 saturated heterocycles. The molecule has 20 heavy (non-hydrogen) atoms. The van der Waals surface area contributed by atoms with E-state index < -0.39 is 0 Å². The summed E-state index contributed by atoms with van der Waals surface area (Å²) in [7, 11) is 0. The number of ether oxygens (including phenoxy) is 2. The topological polar surface area (TPSA) is 52.6 Å². The summed E-state index contributed by atoms with van der Waals surface area (Å²) in [4.78, 5) is 22.8. The van der Waals surface area contributed by atoms with E-state index in [1.807, 2.05) is 25.1 Å². The number of hydrogen-bond acceptors (Lipinski definition) is 4. The van der Waals surface area contributed by atoms with Gasteiger partial charge in [0.15, 0.2) is 0 Å². The molecular weight excluding hydrogens is 256 g/mol. The Kier molecular flexibility index (Phi) is 6.77. The number of aryl methyl sites for hydroxylation is 2. The van der Waals surface area contributed by atoms with Gasteiger partial charge in [-0.1, -0.05) is 18.2 Å². The maximum atomic E-state index is 11.5. The lowest BCUT2D eigenvalue weighted by Gasteiger charge is -2.09. The van der Waals surface area contributed by atoms with Crippen LogP contribution in [0.5, 0.6) is 0 Å². The van der Waals surface area contributed by atoms with E-state index in [1.54, 1.807) is 13.8 Å². The normalized spacial score (nSPS) is 10.2. The van der Waals surface area contributed by atoms with Crippen molar-refractivity contribution >= 4 is 11.9 Å². The molecule has 0 heterocycles. The molecule has 0 aromatic heterocycles. The highest BCUT2D eigenvalue weighted by Gasteiger charge is 2.08. The molecule has 0 atom stereocenters. The lowest BCUT2D eigenvalue weighted by molar-refractivity contribution is -0.143. The van der Waals surface area contributed by atoms with Gasteiger partial charge in [0.25, 0.3) is 0 Å². The van der Waals surface area contributed by atoms with Crippen LogP contribution in [0.25, 0.3) is 0 Å². The number of carbonyl (C=O) groups excluding carboxylic acids is 2. The second-order valence-electron chi connectivity index (χ2n) is 4.55. The van der Waals surface area contributed by atoms with E-state index in [0.717, 1.165) is 16.7 Å². The molecule has 0 aliphatic rings. The summed E-state index contributed by atoms with van der Waals surface area (Å²) in [5, 5.41) is 0. The molecule has 0 aliphatic carbocycles. The molecule has 0 aliphatic heterocycles. The summed E-state index contributed by atoms with van der Waals surface area (Å²) >= 11 is 0. The molecule has 0 fully saturated rings. The smallest absolute Gasteiger partial charge is 0.310 e. The van der Waals surface area contributed by atoms with Crippen molar-refractivity contribution in [2.24, 2.45) is 0 Å². The van der Waals surface area contributed by atoms with Crippen molar-refractivity contribution in [2.75, 3.05) is 13.2 Å². The van der Waals surface area contributed by atoms with Crippen molar-refractivity contribution in [2.45, 2.75) is 40.0 Å². The van der Waals surface area contributed by atoms with Crippen LogP contribution in [0, 0.1) is 6.92 Å². The minimum Gasteiger partial charge on any atom is -0.466 e. The predicted octanol–water partition coefficient (Wildman–Crippen LogP) is 2.60. The zero-order chi connectivity index (χ0) is 15.0. The SMILES string of the molecule is CCOC(=O)CCc1cc(CC(=O)OCC)ccc1C.